The summed E-state index contributed by atoms with van der Waals surface area (Å²) in [4.78, 5) is 23.8. The van der Waals surface area contributed by atoms with E-state index in [-0.39, 0.29) is 12.5 Å². The lowest BCUT2D eigenvalue weighted by atomic mass is 10.2. The fourth-order valence-electron chi connectivity index (χ4n) is 2.23. The number of anilines is 2. The Balaban J connectivity index is 1.90. The average molecular weight is 344 g/mol. The number of aryl methyl sites for hydroxylation is 2. The van der Waals surface area contributed by atoms with Crippen molar-refractivity contribution in [2.75, 3.05) is 10.6 Å². The number of carbonyl (C=O) groups excluding carboxylic acids is 2. The molecule has 2 amide bonds. The van der Waals surface area contributed by atoms with Gasteiger partial charge in [-0.1, -0.05) is 0 Å². The number of amides is 2. The molecule has 2 N–H and O–H groups in total. The van der Waals surface area contributed by atoms with E-state index in [0.29, 0.717) is 11.4 Å². The molecule has 1 aromatic carbocycles. The number of hydrogen-bond donors (Lipinski definition) is 2. The molecule has 1 heterocycles. The van der Waals surface area contributed by atoms with Crippen molar-refractivity contribution in [1.29, 1.82) is 0 Å². The van der Waals surface area contributed by atoms with Crippen LogP contribution in [0.5, 0.6) is 0 Å². The van der Waals surface area contributed by atoms with Gasteiger partial charge in [0.1, 0.15) is 12.1 Å². The first-order valence-electron chi connectivity index (χ1n) is 8.03. The summed E-state index contributed by atoms with van der Waals surface area (Å²) >= 11 is 0. The van der Waals surface area contributed by atoms with E-state index in [1.807, 2.05) is 19.9 Å². The summed E-state index contributed by atoms with van der Waals surface area (Å²) < 4.78 is 6.84. The first-order valence-corrected chi connectivity index (χ1v) is 8.03. The van der Waals surface area contributed by atoms with Gasteiger partial charge in [0.2, 0.25) is 5.91 Å². The van der Waals surface area contributed by atoms with Gasteiger partial charge in [-0.05, 0) is 65.0 Å². The standard InChI is InChI=1S/C18H24N4O3/c1-12-10-13(2)22(21-12)11-16(23)19-14-6-8-15(9-7-14)20-17(24)25-18(3,4)5/h6-10H,11H2,1-5H3,(H,19,23)(H,20,24). The minimum atomic E-state index is -0.555. The largest absolute Gasteiger partial charge is 0.444 e. The van der Waals surface area contributed by atoms with Gasteiger partial charge in [-0.25, -0.2) is 4.79 Å². The molecule has 25 heavy (non-hydrogen) atoms. The average Bonchev–Trinajstić information content (AvgIpc) is 2.76. The lowest BCUT2D eigenvalue weighted by molar-refractivity contribution is -0.116. The van der Waals surface area contributed by atoms with Crippen molar-refractivity contribution in [3.8, 4) is 0 Å². The van der Waals surface area contributed by atoms with E-state index in [9.17, 15) is 9.59 Å². The third-order valence-electron chi connectivity index (χ3n) is 3.21. The second-order valence-electron chi connectivity index (χ2n) is 6.84. The number of ether oxygens (including phenoxy) is 1. The Morgan fingerprint density at radius 1 is 1.08 bits per heavy atom. The zero-order chi connectivity index (χ0) is 18.6. The van der Waals surface area contributed by atoms with E-state index in [4.69, 9.17) is 4.74 Å². The number of benzene rings is 1. The molecule has 7 heteroatoms. The molecule has 0 fully saturated rings. The third kappa shape index (κ3) is 5.95. The van der Waals surface area contributed by atoms with E-state index in [1.165, 1.54) is 0 Å². The Kier molecular flexibility index (Phi) is 5.46. The van der Waals surface area contributed by atoms with Crippen LogP contribution in [0.3, 0.4) is 0 Å². The van der Waals surface area contributed by atoms with Gasteiger partial charge in [-0.15, -0.1) is 0 Å². The van der Waals surface area contributed by atoms with E-state index < -0.39 is 11.7 Å². The Bertz CT molecular complexity index is 758. The normalized spacial score (nSPS) is 11.1. The summed E-state index contributed by atoms with van der Waals surface area (Å²) in [5, 5.41) is 9.71. The highest BCUT2D eigenvalue weighted by Crippen LogP contribution is 2.15. The molecule has 0 aliphatic carbocycles. The molecule has 1 aromatic heterocycles. The lowest BCUT2D eigenvalue weighted by Crippen LogP contribution is -2.27. The maximum absolute atomic E-state index is 12.1. The summed E-state index contributed by atoms with van der Waals surface area (Å²) in [6, 6.07) is 8.74. The number of aromatic nitrogens is 2. The zero-order valence-electron chi connectivity index (χ0n) is 15.2. The minimum Gasteiger partial charge on any atom is -0.444 e. The zero-order valence-corrected chi connectivity index (χ0v) is 15.2. The van der Waals surface area contributed by atoms with Crippen LogP contribution in [0.15, 0.2) is 30.3 Å². The van der Waals surface area contributed by atoms with Gasteiger partial charge in [-0.3, -0.25) is 14.8 Å². The molecule has 0 saturated heterocycles. The Morgan fingerprint density at radius 2 is 1.64 bits per heavy atom. The van der Waals surface area contributed by atoms with Gasteiger partial charge < -0.3 is 10.1 Å². The van der Waals surface area contributed by atoms with Gasteiger partial charge in [0, 0.05) is 17.1 Å². The highest BCUT2D eigenvalue weighted by Gasteiger charge is 2.16. The summed E-state index contributed by atoms with van der Waals surface area (Å²) in [6.07, 6.45) is -0.520. The molecule has 0 unspecified atom stereocenters. The van der Waals surface area contributed by atoms with E-state index in [1.54, 1.807) is 49.7 Å². The first-order chi connectivity index (χ1) is 11.6. The smallest absolute Gasteiger partial charge is 0.412 e. The Labute approximate surface area is 147 Å². The van der Waals surface area contributed by atoms with Crippen molar-refractivity contribution in [1.82, 2.24) is 9.78 Å². The monoisotopic (exact) mass is 344 g/mol. The lowest BCUT2D eigenvalue weighted by Gasteiger charge is -2.19. The van der Waals surface area contributed by atoms with E-state index in [0.717, 1.165) is 11.4 Å². The van der Waals surface area contributed by atoms with Crippen LogP contribution in [0.25, 0.3) is 0 Å². The third-order valence-corrected chi connectivity index (χ3v) is 3.21. The van der Waals surface area contributed by atoms with E-state index in [2.05, 4.69) is 15.7 Å². The second-order valence-corrected chi connectivity index (χ2v) is 6.84. The molecule has 2 rings (SSSR count). The molecule has 0 saturated carbocycles. The molecule has 0 spiro atoms. The number of rotatable bonds is 4. The van der Waals surface area contributed by atoms with Crippen molar-refractivity contribution < 1.29 is 14.3 Å². The van der Waals surface area contributed by atoms with Gasteiger partial charge >= 0.3 is 6.09 Å². The van der Waals surface area contributed by atoms with Crippen molar-refractivity contribution in [3.63, 3.8) is 0 Å². The number of nitrogens with one attached hydrogen (secondary N) is 2. The minimum absolute atomic E-state index is 0.150. The molecular formula is C18H24N4O3. The van der Waals surface area contributed by atoms with Crippen LogP contribution in [0.1, 0.15) is 32.2 Å². The van der Waals surface area contributed by atoms with Crippen LogP contribution in [0.2, 0.25) is 0 Å². The predicted octanol–water partition coefficient (Wildman–Crippen LogP) is 3.49. The van der Waals surface area contributed by atoms with Crippen molar-refractivity contribution in [2.24, 2.45) is 0 Å². The van der Waals surface area contributed by atoms with Gasteiger partial charge in [-0.2, -0.15) is 5.10 Å². The summed E-state index contributed by atoms with van der Waals surface area (Å²) in [7, 11) is 0. The number of nitrogens with zero attached hydrogens (tertiary/aromatic N) is 2. The van der Waals surface area contributed by atoms with Crippen LogP contribution >= 0.6 is 0 Å². The van der Waals surface area contributed by atoms with Crippen LogP contribution in [0, 0.1) is 13.8 Å². The highest BCUT2D eigenvalue weighted by molar-refractivity contribution is 5.91. The molecule has 0 bridgehead atoms. The van der Waals surface area contributed by atoms with Gasteiger partial charge in [0.15, 0.2) is 0 Å². The molecule has 134 valence electrons. The maximum atomic E-state index is 12.1. The van der Waals surface area contributed by atoms with Crippen molar-refractivity contribution in [3.05, 3.63) is 41.7 Å². The van der Waals surface area contributed by atoms with Crippen LogP contribution in [0.4, 0.5) is 16.2 Å². The molecule has 2 aromatic rings. The molecule has 7 nitrogen and oxygen atoms in total. The van der Waals surface area contributed by atoms with Gasteiger partial charge in [0.05, 0.1) is 5.69 Å². The van der Waals surface area contributed by atoms with Gasteiger partial charge in [0.25, 0.3) is 0 Å². The second kappa shape index (κ2) is 7.38. The number of hydrogen-bond acceptors (Lipinski definition) is 4. The van der Waals surface area contributed by atoms with Crippen LogP contribution in [-0.2, 0) is 16.1 Å². The molecule has 0 atom stereocenters. The Morgan fingerprint density at radius 3 is 2.12 bits per heavy atom. The molecule has 0 radical (unpaired) electrons. The molecule has 0 aliphatic heterocycles. The fraction of sp³-hybridized carbons (Fsp3) is 0.389. The van der Waals surface area contributed by atoms with Crippen LogP contribution in [-0.4, -0.2) is 27.4 Å². The molecule has 0 aliphatic rings. The predicted molar refractivity (Wildman–Crippen MR) is 96.6 cm³/mol. The topological polar surface area (TPSA) is 85.2 Å². The van der Waals surface area contributed by atoms with Crippen molar-refractivity contribution >= 4 is 23.4 Å². The molecular weight excluding hydrogens is 320 g/mol. The summed E-state index contributed by atoms with van der Waals surface area (Å²) in [6.45, 7) is 9.34. The summed E-state index contributed by atoms with van der Waals surface area (Å²) in [5.74, 6) is -0.168. The van der Waals surface area contributed by atoms with E-state index >= 15 is 0 Å². The highest BCUT2D eigenvalue weighted by atomic mass is 16.6. The summed E-state index contributed by atoms with van der Waals surface area (Å²) in [5.41, 5.74) is 2.49. The fourth-order valence-corrected chi connectivity index (χ4v) is 2.23. The Hall–Kier alpha value is -2.83. The maximum Gasteiger partial charge on any atom is 0.412 e. The quantitative estimate of drug-likeness (QED) is 0.889. The van der Waals surface area contributed by atoms with Crippen molar-refractivity contribution in [2.45, 2.75) is 46.8 Å². The SMILES string of the molecule is Cc1cc(C)n(CC(=O)Nc2ccc(NC(=O)OC(C)(C)C)cc2)n1. The van der Waals surface area contributed by atoms with Crippen LogP contribution < -0.4 is 10.6 Å². The number of carbonyl (C=O) groups is 2. The first kappa shape index (κ1) is 18.5.